The molecule has 1 fully saturated rings. The molecule has 31 heavy (non-hydrogen) atoms. The first-order valence-electron chi connectivity index (χ1n) is 10.1. The zero-order valence-electron chi connectivity index (χ0n) is 17.2. The van der Waals surface area contributed by atoms with Gasteiger partial charge in [0.2, 0.25) is 0 Å². The van der Waals surface area contributed by atoms with Crippen molar-refractivity contribution in [2.75, 3.05) is 31.6 Å². The number of hydrogen-bond acceptors (Lipinski definition) is 6. The van der Waals surface area contributed by atoms with Crippen LogP contribution in [0.25, 0.3) is 0 Å². The number of rotatable bonds is 9. The predicted octanol–water partition coefficient (Wildman–Crippen LogP) is 3.29. The van der Waals surface area contributed by atoms with Crippen molar-refractivity contribution in [1.29, 1.82) is 5.26 Å². The summed E-state index contributed by atoms with van der Waals surface area (Å²) in [4.78, 5) is 11.0. The SMILES string of the molecule is Cl.N#Cc1ccc(OCCC(CNc2ccc(C(=O)O)cc2)C2(O)CCNCC2)cc1. The second-order valence-electron chi connectivity index (χ2n) is 7.59. The number of carboxylic acids is 1. The minimum absolute atomic E-state index is 0. The summed E-state index contributed by atoms with van der Waals surface area (Å²) in [6, 6.07) is 15.7. The van der Waals surface area contributed by atoms with Crippen molar-refractivity contribution < 1.29 is 19.7 Å². The van der Waals surface area contributed by atoms with E-state index < -0.39 is 11.6 Å². The molecule has 0 saturated carbocycles. The number of nitriles is 1. The number of ether oxygens (including phenoxy) is 1. The number of carbonyl (C=O) groups is 1. The Labute approximate surface area is 188 Å². The molecule has 1 aliphatic heterocycles. The summed E-state index contributed by atoms with van der Waals surface area (Å²) in [5.74, 6) is -0.289. The summed E-state index contributed by atoms with van der Waals surface area (Å²) in [5, 5.41) is 35.8. The molecule has 0 aromatic heterocycles. The number of aliphatic hydroxyl groups is 1. The van der Waals surface area contributed by atoms with E-state index >= 15 is 0 Å². The van der Waals surface area contributed by atoms with E-state index in [2.05, 4.69) is 16.7 Å². The maximum atomic E-state index is 11.2. The number of hydrogen-bond donors (Lipinski definition) is 4. The fraction of sp³-hybridized carbons (Fsp3) is 0.391. The van der Waals surface area contributed by atoms with Crippen molar-refractivity contribution in [3.05, 3.63) is 59.7 Å². The Balaban J connectivity index is 0.00000341. The van der Waals surface area contributed by atoms with Gasteiger partial charge in [-0.25, -0.2) is 4.79 Å². The summed E-state index contributed by atoms with van der Waals surface area (Å²) >= 11 is 0. The Bertz CT molecular complexity index is 875. The Kier molecular flexibility index (Phi) is 9.13. The molecule has 2 aromatic rings. The molecule has 0 spiro atoms. The van der Waals surface area contributed by atoms with Gasteiger partial charge in [-0.3, -0.25) is 0 Å². The van der Waals surface area contributed by atoms with Crippen molar-refractivity contribution in [2.24, 2.45) is 5.92 Å². The van der Waals surface area contributed by atoms with Gasteiger partial charge in [-0.1, -0.05) is 0 Å². The molecule has 8 heteroatoms. The minimum Gasteiger partial charge on any atom is -0.494 e. The van der Waals surface area contributed by atoms with Gasteiger partial charge in [0.1, 0.15) is 5.75 Å². The van der Waals surface area contributed by atoms with Crippen LogP contribution in [0.5, 0.6) is 5.75 Å². The van der Waals surface area contributed by atoms with Crippen molar-refractivity contribution in [2.45, 2.75) is 24.9 Å². The van der Waals surface area contributed by atoms with Gasteiger partial charge in [0.15, 0.2) is 0 Å². The molecule has 0 radical (unpaired) electrons. The number of nitrogens with one attached hydrogen (secondary N) is 2. The zero-order valence-corrected chi connectivity index (χ0v) is 18.0. The van der Waals surface area contributed by atoms with E-state index in [1.165, 1.54) is 0 Å². The Morgan fingerprint density at radius 2 is 1.81 bits per heavy atom. The number of piperidine rings is 1. The van der Waals surface area contributed by atoms with Crippen LogP contribution < -0.4 is 15.4 Å². The van der Waals surface area contributed by atoms with E-state index in [4.69, 9.17) is 15.1 Å². The molecule has 166 valence electrons. The Hall–Kier alpha value is -2.79. The number of anilines is 1. The third-order valence-electron chi connectivity index (χ3n) is 5.63. The molecule has 4 N–H and O–H groups in total. The molecule has 3 rings (SSSR count). The first-order valence-corrected chi connectivity index (χ1v) is 10.1. The van der Waals surface area contributed by atoms with E-state index in [1.807, 2.05) is 0 Å². The molecule has 0 bridgehead atoms. The second kappa shape index (κ2) is 11.6. The van der Waals surface area contributed by atoms with E-state index in [1.54, 1.807) is 48.5 Å². The van der Waals surface area contributed by atoms with Gasteiger partial charge in [-0.05, 0) is 80.9 Å². The van der Waals surface area contributed by atoms with Crippen molar-refractivity contribution in [3.63, 3.8) is 0 Å². The maximum Gasteiger partial charge on any atom is 0.335 e. The van der Waals surface area contributed by atoms with E-state index in [0.717, 1.165) is 18.8 Å². The van der Waals surface area contributed by atoms with Gasteiger partial charge in [-0.2, -0.15) is 5.26 Å². The number of halogens is 1. The van der Waals surface area contributed by atoms with Crippen LogP contribution in [0.15, 0.2) is 48.5 Å². The summed E-state index contributed by atoms with van der Waals surface area (Å²) < 4.78 is 5.84. The van der Waals surface area contributed by atoms with Crippen molar-refractivity contribution in [1.82, 2.24) is 5.32 Å². The molecular formula is C23H28ClN3O4. The monoisotopic (exact) mass is 445 g/mol. The van der Waals surface area contributed by atoms with Crippen molar-refractivity contribution in [3.8, 4) is 11.8 Å². The highest BCUT2D eigenvalue weighted by Gasteiger charge is 2.37. The molecule has 0 aliphatic carbocycles. The maximum absolute atomic E-state index is 11.2. The first kappa shape index (κ1) is 24.5. The van der Waals surface area contributed by atoms with Gasteiger partial charge in [0, 0.05) is 18.2 Å². The van der Waals surface area contributed by atoms with Crippen LogP contribution in [0.1, 0.15) is 35.2 Å². The smallest absolute Gasteiger partial charge is 0.335 e. The van der Waals surface area contributed by atoms with Crippen LogP contribution >= 0.6 is 12.4 Å². The lowest BCUT2D eigenvalue weighted by atomic mass is 9.78. The highest BCUT2D eigenvalue weighted by molar-refractivity contribution is 5.88. The zero-order chi connectivity index (χ0) is 21.4. The molecule has 1 atom stereocenters. The van der Waals surface area contributed by atoms with Gasteiger partial charge in [0.25, 0.3) is 0 Å². The highest BCUT2D eigenvalue weighted by Crippen LogP contribution is 2.30. The van der Waals surface area contributed by atoms with Crippen molar-refractivity contribution >= 4 is 24.1 Å². The van der Waals surface area contributed by atoms with Crippen LogP contribution in [0, 0.1) is 17.2 Å². The number of nitrogens with zero attached hydrogens (tertiary/aromatic N) is 1. The van der Waals surface area contributed by atoms with E-state index in [9.17, 15) is 9.90 Å². The third-order valence-corrected chi connectivity index (χ3v) is 5.63. The minimum atomic E-state index is -0.955. The second-order valence-corrected chi connectivity index (χ2v) is 7.59. The fourth-order valence-corrected chi connectivity index (χ4v) is 3.75. The molecule has 1 saturated heterocycles. The lowest BCUT2D eigenvalue weighted by Crippen LogP contribution is -2.49. The summed E-state index contributed by atoms with van der Waals surface area (Å²) in [6.07, 6.45) is 2.01. The van der Waals surface area contributed by atoms with Gasteiger partial charge in [-0.15, -0.1) is 12.4 Å². The highest BCUT2D eigenvalue weighted by atomic mass is 35.5. The summed E-state index contributed by atoms with van der Waals surface area (Å²) in [6.45, 7) is 2.55. The van der Waals surface area contributed by atoms with Crippen LogP contribution in [0.3, 0.4) is 0 Å². The molecule has 2 aromatic carbocycles. The van der Waals surface area contributed by atoms with Gasteiger partial charge >= 0.3 is 5.97 Å². The van der Waals surface area contributed by atoms with Crippen LogP contribution in [-0.2, 0) is 0 Å². The Morgan fingerprint density at radius 1 is 1.16 bits per heavy atom. The van der Waals surface area contributed by atoms with Gasteiger partial charge in [0.05, 0.1) is 29.4 Å². The van der Waals surface area contributed by atoms with Crippen LogP contribution in [0.2, 0.25) is 0 Å². The molecule has 1 unspecified atom stereocenters. The average Bonchev–Trinajstić information content (AvgIpc) is 2.77. The average molecular weight is 446 g/mol. The topological polar surface area (TPSA) is 115 Å². The first-order chi connectivity index (χ1) is 14.5. The van der Waals surface area contributed by atoms with E-state index in [0.29, 0.717) is 43.7 Å². The summed E-state index contributed by atoms with van der Waals surface area (Å²) in [7, 11) is 0. The van der Waals surface area contributed by atoms with Crippen LogP contribution in [-0.4, -0.2) is 48.0 Å². The molecule has 1 aliphatic rings. The molecular weight excluding hydrogens is 418 g/mol. The fourth-order valence-electron chi connectivity index (χ4n) is 3.75. The molecule has 1 heterocycles. The predicted molar refractivity (Wildman–Crippen MR) is 121 cm³/mol. The van der Waals surface area contributed by atoms with Crippen LogP contribution in [0.4, 0.5) is 5.69 Å². The quantitative estimate of drug-likeness (QED) is 0.468. The lowest BCUT2D eigenvalue weighted by Gasteiger charge is -2.40. The molecule has 7 nitrogen and oxygen atoms in total. The number of carboxylic acid groups (broad SMARTS) is 1. The lowest BCUT2D eigenvalue weighted by molar-refractivity contribution is -0.0453. The standard InChI is InChI=1S/C23H27N3O4.ClH/c24-15-17-1-7-21(8-2-17)30-14-9-19(23(29)10-12-25-13-11-23)16-26-20-5-3-18(4-6-20)22(27)28;/h1-8,19,25-26,29H,9-14,16H2,(H,27,28);1H. The largest absolute Gasteiger partial charge is 0.494 e. The van der Waals surface area contributed by atoms with Gasteiger partial charge < -0.3 is 25.6 Å². The number of benzene rings is 2. The van der Waals surface area contributed by atoms with E-state index in [-0.39, 0.29) is 23.9 Å². The summed E-state index contributed by atoms with van der Waals surface area (Å²) in [5.41, 5.74) is 0.857. The molecule has 0 amide bonds. The third kappa shape index (κ3) is 6.86. The Morgan fingerprint density at radius 3 is 2.39 bits per heavy atom. The number of aromatic carboxylic acids is 1. The normalized spacial score (nSPS) is 15.7.